The van der Waals surface area contributed by atoms with E-state index in [9.17, 15) is 9.59 Å². The van der Waals surface area contributed by atoms with E-state index in [0.29, 0.717) is 38.2 Å². The minimum atomic E-state index is -0.220. The summed E-state index contributed by atoms with van der Waals surface area (Å²) in [6.07, 6.45) is 1.31. The molecule has 0 aliphatic carbocycles. The third-order valence-electron chi connectivity index (χ3n) is 5.05. The van der Waals surface area contributed by atoms with Crippen molar-refractivity contribution < 1.29 is 14.3 Å². The highest BCUT2D eigenvalue weighted by Crippen LogP contribution is 2.18. The smallest absolute Gasteiger partial charge is 0.260 e. The minimum absolute atomic E-state index is 0.0130. The summed E-state index contributed by atoms with van der Waals surface area (Å²) in [5, 5.41) is 2.95. The number of hydrogen-bond acceptors (Lipinski definition) is 4. The Morgan fingerprint density at radius 2 is 1.64 bits per heavy atom. The highest BCUT2D eigenvalue weighted by Gasteiger charge is 2.27. The molecule has 0 radical (unpaired) electrons. The molecule has 3 N–H and O–H groups in total. The van der Waals surface area contributed by atoms with E-state index in [1.54, 1.807) is 4.90 Å². The fourth-order valence-electron chi connectivity index (χ4n) is 3.32. The molecule has 1 fully saturated rings. The van der Waals surface area contributed by atoms with Crippen LogP contribution in [0.25, 0.3) is 0 Å². The number of hydrogen-bond donors (Lipinski definition) is 2. The quantitative estimate of drug-likeness (QED) is 0.769. The van der Waals surface area contributed by atoms with Gasteiger partial charge in [-0.05, 0) is 30.5 Å². The van der Waals surface area contributed by atoms with Gasteiger partial charge < -0.3 is 20.7 Å². The van der Waals surface area contributed by atoms with Gasteiger partial charge in [0.1, 0.15) is 5.75 Å². The van der Waals surface area contributed by atoms with Crippen LogP contribution in [-0.4, -0.2) is 43.0 Å². The second kappa shape index (κ2) is 9.90. The summed E-state index contributed by atoms with van der Waals surface area (Å²) < 4.78 is 5.52. The molecule has 1 heterocycles. The number of nitrogens with one attached hydrogen (secondary N) is 1. The first kappa shape index (κ1) is 19.9. The Balaban J connectivity index is 1.38. The van der Waals surface area contributed by atoms with E-state index in [1.807, 2.05) is 60.7 Å². The molecule has 1 aliphatic rings. The van der Waals surface area contributed by atoms with Crippen molar-refractivity contribution >= 4 is 11.8 Å². The summed E-state index contributed by atoms with van der Waals surface area (Å²) in [5.74, 6) is 0.565. The van der Waals surface area contributed by atoms with Crippen LogP contribution in [0.2, 0.25) is 0 Å². The van der Waals surface area contributed by atoms with Crippen LogP contribution in [0.1, 0.15) is 24.4 Å². The van der Waals surface area contributed by atoms with E-state index in [0.717, 1.165) is 5.56 Å². The van der Waals surface area contributed by atoms with Gasteiger partial charge in [-0.15, -0.1) is 0 Å². The van der Waals surface area contributed by atoms with Crippen molar-refractivity contribution in [2.75, 3.05) is 26.2 Å². The Bertz CT molecular complexity index is 759. The average molecular weight is 381 g/mol. The molecule has 0 aromatic heterocycles. The van der Waals surface area contributed by atoms with Crippen LogP contribution in [0, 0.1) is 5.92 Å². The molecule has 148 valence electrons. The van der Waals surface area contributed by atoms with Gasteiger partial charge in [0, 0.05) is 31.6 Å². The molecule has 0 bridgehead atoms. The average Bonchev–Trinajstić information content (AvgIpc) is 2.77. The molecule has 2 aromatic rings. The normalized spacial score (nSPS) is 15.7. The number of benzene rings is 2. The topological polar surface area (TPSA) is 84.7 Å². The lowest BCUT2D eigenvalue weighted by Gasteiger charge is -2.31. The maximum Gasteiger partial charge on any atom is 0.260 e. The number of piperidine rings is 1. The molecule has 3 rings (SSSR count). The lowest BCUT2D eigenvalue weighted by molar-refractivity contribution is -0.137. The van der Waals surface area contributed by atoms with E-state index < -0.39 is 0 Å². The first-order chi connectivity index (χ1) is 13.6. The molecule has 28 heavy (non-hydrogen) atoms. The van der Waals surface area contributed by atoms with E-state index in [4.69, 9.17) is 10.5 Å². The molecule has 6 nitrogen and oxygen atoms in total. The van der Waals surface area contributed by atoms with Gasteiger partial charge in [-0.2, -0.15) is 0 Å². The van der Waals surface area contributed by atoms with Gasteiger partial charge in [0.05, 0.1) is 0 Å². The van der Waals surface area contributed by atoms with Crippen molar-refractivity contribution in [2.45, 2.75) is 18.9 Å². The zero-order chi connectivity index (χ0) is 19.8. The minimum Gasteiger partial charge on any atom is -0.484 e. The van der Waals surface area contributed by atoms with Crippen molar-refractivity contribution in [3.8, 4) is 5.75 Å². The molecule has 6 heteroatoms. The number of nitrogens with two attached hydrogens (primary N) is 1. The Hall–Kier alpha value is -2.86. The third-order valence-corrected chi connectivity index (χ3v) is 5.05. The standard InChI is InChI=1S/C22H27N3O3/c23-20(17-7-3-1-4-8-17)15-24-22(27)18-11-13-25(14-12-18)21(26)16-28-19-9-5-2-6-10-19/h1-10,18,20H,11-16,23H2,(H,24,27). The maximum atomic E-state index is 12.4. The van der Waals surface area contributed by atoms with E-state index >= 15 is 0 Å². The van der Waals surface area contributed by atoms with Crippen LogP contribution >= 0.6 is 0 Å². The number of likely N-dealkylation sites (tertiary alicyclic amines) is 1. The second-order valence-corrected chi connectivity index (χ2v) is 7.02. The summed E-state index contributed by atoms with van der Waals surface area (Å²) in [4.78, 5) is 26.5. The van der Waals surface area contributed by atoms with E-state index in [1.165, 1.54) is 0 Å². The highest BCUT2D eigenvalue weighted by molar-refractivity contribution is 5.80. The molecule has 2 aromatic carbocycles. The van der Waals surface area contributed by atoms with Crippen LogP contribution in [0.3, 0.4) is 0 Å². The molecule has 2 amide bonds. The number of amides is 2. The van der Waals surface area contributed by atoms with Crippen LogP contribution in [0.4, 0.5) is 0 Å². The first-order valence-corrected chi connectivity index (χ1v) is 9.67. The van der Waals surface area contributed by atoms with Crippen molar-refractivity contribution in [3.63, 3.8) is 0 Å². The van der Waals surface area contributed by atoms with Crippen LogP contribution in [-0.2, 0) is 9.59 Å². The lowest BCUT2D eigenvalue weighted by atomic mass is 9.95. The van der Waals surface area contributed by atoms with Gasteiger partial charge in [0.2, 0.25) is 5.91 Å². The summed E-state index contributed by atoms with van der Waals surface area (Å²) in [6.45, 7) is 1.57. The first-order valence-electron chi connectivity index (χ1n) is 9.67. The predicted octanol–water partition coefficient (Wildman–Crippen LogP) is 2.12. The Morgan fingerprint density at radius 3 is 2.29 bits per heavy atom. The van der Waals surface area contributed by atoms with Gasteiger partial charge >= 0.3 is 0 Å². The number of nitrogens with zero attached hydrogens (tertiary/aromatic N) is 1. The predicted molar refractivity (Wildman–Crippen MR) is 108 cm³/mol. The van der Waals surface area contributed by atoms with Crippen molar-refractivity contribution in [1.82, 2.24) is 10.2 Å². The van der Waals surface area contributed by atoms with E-state index in [-0.39, 0.29) is 30.4 Å². The fraction of sp³-hybridized carbons (Fsp3) is 0.364. The number of carbonyl (C=O) groups excluding carboxylic acids is 2. The van der Waals surface area contributed by atoms with Gasteiger partial charge in [0.15, 0.2) is 6.61 Å². The molecular formula is C22H27N3O3. The molecule has 1 atom stereocenters. The summed E-state index contributed by atoms with van der Waals surface area (Å²) >= 11 is 0. The zero-order valence-corrected chi connectivity index (χ0v) is 15.9. The molecule has 0 saturated carbocycles. The monoisotopic (exact) mass is 381 g/mol. The lowest BCUT2D eigenvalue weighted by Crippen LogP contribution is -2.45. The summed E-state index contributed by atoms with van der Waals surface area (Å²) in [6, 6.07) is 18.8. The molecule has 1 saturated heterocycles. The van der Waals surface area contributed by atoms with Crippen molar-refractivity contribution in [1.29, 1.82) is 0 Å². The number of carbonyl (C=O) groups is 2. The largest absolute Gasteiger partial charge is 0.484 e. The van der Waals surface area contributed by atoms with Crippen LogP contribution in [0.15, 0.2) is 60.7 Å². The third kappa shape index (κ3) is 5.57. The summed E-state index contributed by atoms with van der Waals surface area (Å²) in [5.41, 5.74) is 7.14. The number of rotatable bonds is 7. The SMILES string of the molecule is NC(CNC(=O)C1CCN(C(=O)COc2ccccc2)CC1)c1ccccc1. The molecular weight excluding hydrogens is 354 g/mol. The Morgan fingerprint density at radius 1 is 1.04 bits per heavy atom. The Kier molecular flexibility index (Phi) is 7.03. The second-order valence-electron chi connectivity index (χ2n) is 7.02. The van der Waals surface area contributed by atoms with Gasteiger partial charge in [-0.1, -0.05) is 48.5 Å². The number of ether oxygens (including phenoxy) is 1. The van der Waals surface area contributed by atoms with E-state index in [2.05, 4.69) is 5.32 Å². The molecule has 1 unspecified atom stereocenters. The summed E-state index contributed by atoms with van der Waals surface area (Å²) in [7, 11) is 0. The zero-order valence-electron chi connectivity index (χ0n) is 15.9. The fourth-order valence-corrected chi connectivity index (χ4v) is 3.32. The van der Waals surface area contributed by atoms with Gasteiger partial charge in [-0.25, -0.2) is 0 Å². The molecule has 0 spiro atoms. The van der Waals surface area contributed by atoms with Gasteiger partial charge in [-0.3, -0.25) is 9.59 Å². The molecule has 1 aliphatic heterocycles. The van der Waals surface area contributed by atoms with Crippen molar-refractivity contribution in [3.05, 3.63) is 66.2 Å². The van der Waals surface area contributed by atoms with Crippen LogP contribution < -0.4 is 15.8 Å². The Labute approximate surface area is 165 Å². The highest BCUT2D eigenvalue weighted by atomic mass is 16.5. The number of para-hydroxylation sites is 1. The maximum absolute atomic E-state index is 12.4. The van der Waals surface area contributed by atoms with Crippen molar-refractivity contribution in [2.24, 2.45) is 11.7 Å². The van der Waals surface area contributed by atoms with Gasteiger partial charge in [0.25, 0.3) is 5.91 Å². The van der Waals surface area contributed by atoms with Crippen LogP contribution in [0.5, 0.6) is 5.75 Å².